The summed E-state index contributed by atoms with van der Waals surface area (Å²) in [5.74, 6) is -3.36. The molecule has 1 saturated heterocycles. The minimum Gasteiger partial charge on any atom is -0.485 e. The van der Waals surface area contributed by atoms with Gasteiger partial charge in [0.15, 0.2) is 22.5 Å². The van der Waals surface area contributed by atoms with Gasteiger partial charge in [-0.1, -0.05) is 0 Å². The second kappa shape index (κ2) is 8.26. The van der Waals surface area contributed by atoms with E-state index in [0.717, 1.165) is 34.1 Å². The first-order valence-corrected chi connectivity index (χ1v) is 10.1. The number of benzene rings is 2. The number of carbonyl (C=O) groups excluding carboxylic acids is 1. The molecule has 0 bridgehead atoms. The lowest BCUT2D eigenvalue weighted by atomic mass is 10.0. The maximum Gasteiger partial charge on any atom is 0.417 e. The Bertz CT molecular complexity index is 1160. The molecule has 11 heteroatoms. The molecular weight excluding hydrogens is 465 g/mol. The first-order chi connectivity index (χ1) is 15.2. The Hall–Kier alpha value is -3.26. The van der Waals surface area contributed by atoms with Crippen LogP contribution in [0.25, 0.3) is 0 Å². The van der Waals surface area contributed by atoms with Gasteiger partial charge in [-0.2, -0.15) is 18.4 Å². The molecule has 5 nitrogen and oxygen atoms in total. The highest BCUT2D eigenvalue weighted by Gasteiger charge is 2.51. The maximum atomic E-state index is 14.6. The molecule has 2 aromatic carbocycles. The van der Waals surface area contributed by atoms with Crippen LogP contribution in [0.5, 0.6) is 5.75 Å². The Morgan fingerprint density at radius 3 is 2.15 bits per heavy atom. The van der Waals surface area contributed by atoms with Crippen molar-refractivity contribution in [1.29, 1.82) is 5.26 Å². The van der Waals surface area contributed by atoms with Crippen molar-refractivity contribution in [3.05, 3.63) is 53.1 Å². The van der Waals surface area contributed by atoms with Crippen molar-refractivity contribution >= 4 is 34.6 Å². The van der Waals surface area contributed by atoms with E-state index < -0.39 is 52.2 Å². The van der Waals surface area contributed by atoms with Crippen molar-refractivity contribution in [3.63, 3.8) is 0 Å². The minimum atomic E-state index is -4.85. The van der Waals surface area contributed by atoms with Crippen LogP contribution >= 0.6 is 12.2 Å². The van der Waals surface area contributed by atoms with E-state index in [0.29, 0.717) is 6.07 Å². The van der Waals surface area contributed by atoms with Crippen LogP contribution in [0.4, 0.5) is 33.3 Å². The number of ether oxygens (including phenoxy) is 1. The van der Waals surface area contributed by atoms with Gasteiger partial charge in [0.2, 0.25) is 0 Å². The molecule has 1 amide bonds. The van der Waals surface area contributed by atoms with Gasteiger partial charge < -0.3 is 9.64 Å². The van der Waals surface area contributed by atoms with E-state index >= 15 is 0 Å². The number of thiocarbonyl (C=S) groups is 1. The third-order valence-electron chi connectivity index (χ3n) is 4.95. The van der Waals surface area contributed by atoms with E-state index in [1.54, 1.807) is 13.8 Å². The highest BCUT2D eigenvalue weighted by molar-refractivity contribution is 7.81. The summed E-state index contributed by atoms with van der Waals surface area (Å²) in [4.78, 5) is 15.2. The normalized spacial score (nSPS) is 15.9. The zero-order chi connectivity index (χ0) is 24.9. The van der Waals surface area contributed by atoms with Gasteiger partial charge in [-0.3, -0.25) is 9.69 Å². The highest BCUT2D eigenvalue weighted by Crippen LogP contribution is 2.41. The van der Waals surface area contributed by atoms with Crippen molar-refractivity contribution in [1.82, 2.24) is 0 Å². The molecule has 2 aromatic rings. The number of nitrogens with zero attached hydrogens (tertiary/aromatic N) is 3. The zero-order valence-corrected chi connectivity index (χ0v) is 18.7. The van der Waals surface area contributed by atoms with Crippen LogP contribution < -0.4 is 14.5 Å². The van der Waals surface area contributed by atoms with Crippen LogP contribution in [-0.2, 0) is 11.0 Å². The lowest BCUT2D eigenvalue weighted by Crippen LogP contribution is -2.44. The van der Waals surface area contributed by atoms with Gasteiger partial charge in [-0.15, -0.1) is 0 Å². The van der Waals surface area contributed by atoms with Gasteiger partial charge in [0.05, 0.1) is 34.7 Å². The number of amides is 1. The highest BCUT2D eigenvalue weighted by atomic mass is 32.1. The molecule has 0 aliphatic carbocycles. The van der Waals surface area contributed by atoms with Crippen LogP contribution in [-0.4, -0.2) is 22.7 Å². The summed E-state index contributed by atoms with van der Waals surface area (Å²) in [6, 6.07) is 6.06. The number of anilines is 2. The number of carbonyl (C=O) groups is 1. The minimum absolute atomic E-state index is 0.114. The average Bonchev–Trinajstić information content (AvgIpc) is 2.87. The van der Waals surface area contributed by atoms with Crippen LogP contribution in [0, 0.1) is 23.0 Å². The molecule has 0 radical (unpaired) electrons. The summed E-state index contributed by atoms with van der Waals surface area (Å²) >= 11 is 5.35. The second-order valence-corrected chi connectivity index (χ2v) is 8.43. The lowest BCUT2D eigenvalue weighted by Gasteiger charge is -2.29. The predicted molar refractivity (Wildman–Crippen MR) is 115 cm³/mol. The van der Waals surface area contributed by atoms with Crippen molar-refractivity contribution < 1.29 is 31.5 Å². The largest absolute Gasteiger partial charge is 0.485 e. The summed E-state index contributed by atoms with van der Waals surface area (Å²) < 4.78 is 74.6. The summed E-state index contributed by atoms with van der Waals surface area (Å²) in [5, 5.41) is 8.72. The molecule has 1 aliphatic rings. The Labute approximate surface area is 192 Å². The number of nitriles is 1. The van der Waals surface area contributed by atoms with Gasteiger partial charge in [0.1, 0.15) is 5.54 Å². The van der Waals surface area contributed by atoms with Gasteiger partial charge in [0, 0.05) is 12.1 Å². The van der Waals surface area contributed by atoms with Crippen molar-refractivity contribution in [2.45, 2.75) is 45.5 Å². The molecule has 0 atom stereocenters. The second-order valence-electron chi connectivity index (χ2n) is 8.06. The van der Waals surface area contributed by atoms with E-state index in [-0.39, 0.29) is 16.5 Å². The molecule has 0 spiro atoms. The molecule has 33 heavy (non-hydrogen) atoms. The summed E-state index contributed by atoms with van der Waals surface area (Å²) in [6.45, 7) is 6.03. The summed E-state index contributed by atoms with van der Waals surface area (Å²) in [7, 11) is 0. The molecule has 3 rings (SSSR count). The number of hydrogen-bond acceptors (Lipinski definition) is 4. The maximum absolute atomic E-state index is 14.6. The molecule has 0 unspecified atom stereocenters. The van der Waals surface area contributed by atoms with E-state index in [4.69, 9.17) is 22.2 Å². The monoisotopic (exact) mass is 483 g/mol. The molecule has 1 aliphatic heterocycles. The summed E-state index contributed by atoms with van der Waals surface area (Å²) in [6.07, 6.45) is -5.35. The van der Waals surface area contributed by atoms with E-state index in [9.17, 15) is 26.7 Å². The molecule has 1 fully saturated rings. The van der Waals surface area contributed by atoms with Gasteiger partial charge >= 0.3 is 6.18 Å². The Kier molecular flexibility index (Phi) is 6.10. The van der Waals surface area contributed by atoms with Gasteiger partial charge in [-0.25, -0.2) is 8.78 Å². The van der Waals surface area contributed by atoms with Crippen LogP contribution in [0.15, 0.2) is 30.3 Å². The molecule has 0 aromatic heterocycles. The van der Waals surface area contributed by atoms with Crippen LogP contribution in [0.2, 0.25) is 0 Å². The Morgan fingerprint density at radius 1 is 1.09 bits per heavy atom. The van der Waals surface area contributed by atoms with Crippen molar-refractivity contribution in [2.75, 3.05) is 9.80 Å². The fraction of sp³-hybridized carbons (Fsp3) is 0.318. The molecule has 1 heterocycles. The quantitative estimate of drug-likeness (QED) is 0.421. The van der Waals surface area contributed by atoms with Gasteiger partial charge in [0.25, 0.3) is 5.91 Å². The smallest absolute Gasteiger partial charge is 0.417 e. The SMILES string of the molecule is CC(C)Oc1c(F)cc(N2C(=S)N(c3ccc(C#N)c(C(F)(F)F)c3)C(=O)C2(C)C)cc1F. The number of hydrogen-bond donors (Lipinski definition) is 0. The first-order valence-electron chi connectivity index (χ1n) is 9.66. The topological polar surface area (TPSA) is 56.6 Å². The Morgan fingerprint density at radius 2 is 1.67 bits per heavy atom. The van der Waals surface area contributed by atoms with E-state index in [2.05, 4.69) is 0 Å². The first kappa shape index (κ1) is 24.4. The molecule has 174 valence electrons. The zero-order valence-electron chi connectivity index (χ0n) is 17.9. The third kappa shape index (κ3) is 4.23. The van der Waals surface area contributed by atoms with Crippen LogP contribution in [0.3, 0.4) is 0 Å². The molecule has 0 N–H and O–H groups in total. The standard InChI is InChI=1S/C22H18F5N3O2S/c1-11(2)32-18-16(23)8-14(9-17(18)24)30-20(33)29(19(31)21(30,3)4)13-6-5-12(10-28)15(7-13)22(25,26)27/h5-9,11H,1-4H3. The predicted octanol–water partition coefficient (Wildman–Crippen LogP) is 5.56. The fourth-order valence-corrected chi connectivity index (χ4v) is 4.01. The average molecular weight is 483 g/mol. The van der Waals surface area contributed by atoms with Gasteiger partial charge in [-0.05, 0) is 58.1 Å². The third-order valence-corrected chi connectivity index (χ3v) is 5.32. The molecule has 0 saturated carbocycles. The van der Waals surface area contributed by atoms with E-state index in [1.807, 2.05) is 0 Å². The van der Waals surface area contributed by atoms with Crippen molar-refractivity contribution in [3.8, 4) is 11.8 Å². The summed E-state index contributed by atoms with van der Waals surface area (Å²) in [5.41, 5.74) is -3.68. The lowest BCUT2D eigenvalue weighted by molar-refractivity contribution is -0.137. The fourth-order valence-electron chi connectivity index (χ4n) is 3.48. The number of rotatable bonds is 4. The van der Waals surface area contributed by atoms with Crippen LogP contribution in [0.1, 0.15) is 38.8 Å². The number of alkyl halides is 3. The Balaban J connectivity index is 2.11. The van der Waals surface area contributed by atoms with E-state index in [1.165, 1.54) is 19.9 Å². The number of halogens is 5. The van der Waals surface area contributed by atoms with Crippen molar-refractivity contribution in [2.24, 2.45) is 0 Å². The molecular formula is C22H18F5N3O2S.